The Morgan fingerprint density at radius 3 is 2.73 bits per heavy atom. The van der Waals surface area contributed by atoms with E-state index in [0.717, 1.165) is 30.5 Å². The molecule has 2 aromatic rings. The van der Waals surface area contributed by atoms with Gasteiger partial charge in [0.1, 0.15) is 5.82 Å². The minimum absolute atomic E-state index is 0.382. The van der Waals surface area contributed by atoms with E-state index >= 15 is 0 Å². The van der Waals surface area contributed by atoms with Gasteiger partial charge in [0.15, 0.2) is 0 Å². The number of aromatic amines is 2. The first-order chi connectivity index (χ1) is 14.8. The predicted octanol–water partition coefficient (Wildman–Crippen LogP) is 4.42. The Bertz CT molecular complexity index is 940. The molecule has 0 bridgehead atoms. The summed E-state index contributed by atoms with van der Waals surface area (Å²) in [6.45, 7) is 5.55. The SMILES string of the molecule is C1=Nc2[nH]cc(-c3cn[nH]c3)c2C=C2C1C21CCC(CN2CCCOCCC2)CC1. The fraction of sp³-hybridized carbons (Fsp3) is 0.583. The molecule has 2 aliphatic carbocycles. The first-order valence-corrected chi connectivity index (χ1v) is 11.6. The van der Waals surface area contributed by atoms with E-state index in [4.69, 9.17) is 9.73 Å². The second-order valence-corrected chi connectivity index (χ2v) is 9.53. The number of fused-ring (bicyclic) bond motifs is 4. The van der Waals surface area contributed by atoms with E-state index in [1.165, 1.54) is 69.3 Å². The van der Waals surface area contributed by atoms with Gasteiger partial charge in [0.2, 0.25) is 0 Å². The molecule has 2 N–H and O–H groups in total. The number of rotatable bonds is 3. The number of nitrogens with one attached hydrogen (secondary N) is 2. The van der Waals surface area contributed by atoms with Crippen LogP contribution in [0.1, 0.15) is 44.1 Å². The quantitative estimate of drug-likeness (QED) is 0.794. The van der Waals surface area contributed by atoms with Crippen LogP contribution in [-0.2, 0) is 4.74 Å². The van der Waals surface area contributed by atoms with E-state index in [1.54, 1.807) is 5.57 Å². The lowest BCUT2D eigenvalue weighted by Crippen LogP contribution is -2.35. The van der Waals surface area contributed by atoms with Gasteiger partial charge in [-0.25, -0.2) is 4.99 Å². The van der Waals surface area contributed by atoms with E-state index in [2.05, 4.69) is 38.6 Å². The van der Waals surface area contributed by atoms with Crippen molar-refractivity contribution in [3.8, 4) is 11.1 Å². The Hall–Kier alpha value is -2.18. The minimum atomic E-state index is 0.382. The van der Waals surface area contributed by atoms with Crippen LogP contribution in [0.5, 0.6) is 0 Å². The van der Waals surface area contributed by atoms with Crippen molar-refractivity contribution in [2.24, 2.45) is 22.2 Å². The Labute approximate surface area is 177 Å². The van der Waals surface area contributed by atoms with Crippen LogP contribution in [-0.4, -0.2) is 59.1 Å². The van der Waals surface area contributed by atoms with Crippen molar-refractivity contribution >= 4 is 18.1 Å². The predicted molar refractivity (Wildman–Crippen MR) is 119 cm³/mol. The van der Waals surface area contributed by atoms with Gasteiger partial charge in [0.25, 0.3) is 0 Å². The largest absolute Gasteiger partial charge is 0.381 e. The number of aromatic nitrogens is 3. The van der Waals surface area contributed by atoms with Crippen molar-refractivity contribution in [3.63, 3.8) is 0 Å². The molecule has 4 aliphatic rings. The molecule has 1 atom stereocenters. The Kier molecular flexibility index (Phi) is 4.65. The molecule has 3 fully saturated rings. The molecule has 2 saturated carbocycles. The topological polar surface area (TPSA) is 69.3 Å². The molecule has 30 heavy (non-hydrogen) atoms. The summed E-state index contributed by atoms with van der Waals surface area (Å²) in [7, 11) is 0. The van der Waals surface area contributed by atoms with Gasteiger partial charge in [-0.15, -0.1) is 0 Å². The van der Waals surface area contributed by atoms with Gasteiger partial charge in [-0.05, 0) is 44.4 Å². The van der Waals surface area contributed by atoms with Crippen molar-refractivity contribution in [3.05, 3.63) is 29.7 Å². The zero-order chi connectivity index (χ0) is 20.0. The standard InChI is InChI=1S/C24H31N5O/c1-7-29(8-2-10-30-9-1)16-17-3-5-24(6-4-17)21-11-19-20(18-12-27-28-13-18)14-25-23(19)26-15-22(21)24/h11-15,17,22,25H,1-10,16H2,(H,27,28). The molecular weight excluding hydrogens is 374 g/mol. The van der Waals surface area contributed by atoms with Gasteiger partial charge in [-0.3, -0.25) is 5.10 Å². The molecule has 2 aromatic heterocycles. The number of aliphatic imine (C=N–C) groups is 1. The van der Waals surface area contributed by atoms with Gasteiger partial charge in [-0.1, -0.05) is 11.6 Å². The number of ether oxygens (including phenoxy) is 1. The van der Waals surface area contributed by atoms with E-state index < -0.39 is 0 Å². The molecule has 6 heteroatoms. The van der Waals surface area contributed by atoms with Gasteiger partial charge in [0, 0.05) is 79.5 Å². The molecule has 6 nitrogen and oxygen atoms in total. The van der Waals surface area contributed by atoms with Crippen LogP contribution >= 0.6 is 0 Å². The molecule has 2 aliphatic heterocycles. The van der Waals surface area contributed by atoms with Crippen LogP contribution in [0.25, 0.3) is 17.2 Å². The van der Waals surface area contributed by atoms with Gasteiger partial charge in [-0.2, -0.15) is 5.10 Å². The smallest absolute Gasteiger partial charge is 0.137 e. The molecular formula is C24H31N5O. The molecule has 1 unspecified atom stereocenters. The van der Waals surface area contributed by atoms with Crippen LogP contribution in [0.2, 0.25) is 0 Å². The second kappa shape index (κ2) is 7.50. The summed E-state index contributed by atoms with van der Waals surface area (Å²) in [5.74, 6) is 2.37. The Morgan fingerprint density at radius 1 is 1.13 bits per heavy atom. The fourth-order valence-electron chi connectivity index (χ4n) is 6.07. The highest BCUT2D eigenvalue weighted by Gasteiger charge is 2.59. The number of allylic oxidation sites excluding steroid dienone is 1. The van der Waals surface area contributed by atoms with Crippen molar-refractivity contribution in [1.29, 1.82) is 0 Å². The molecule has 0 amide bonds. The number of hydrogen-bond donors (Lipinski definition) is 2. The summed E-state index contributed by atoms with van der Waals surface area (Å²) >= 11 is 0. The third-order valence-corrected chi connectivity index (χ3v) is 7.82. The molecule has 0 aromatic carbocycles. The maximum Gasteiger partial charge on any atom is 0.137 e. The van der Waals surface area contributed by atoms with Crippen molar-refractivity contribution < 1.29 is 4.74 Å². The maximum atomic E-state index is 5.61. The third-order valence-electron chi connectivity index (χ3n) is 7.82. The summed E-state index contributed by atoms with van der Waals surface area (Å²) in [5.41, 5.74) is 5.53. The van der Waals surface area contributed by atoms with E-state index in [1.807, 2.05) is 12.4 Å². The Morgan fingerprint density at radius 2 is 1.97 bits per heavy atom. The summed E-state index contributed by atoms with van der Waals surface area (Å²) < 4.78 is 5.61. The van der Waals surface area contributed by atoms with Gasteiger partial charge >= 0.3 is 0 Å². The molecule has 1 saturated heterocycles. The van der Waals surface area contributed by atoms with Crippen LogP contribution in [0.3, 0.4) is 0 Å². The zero-order valence-corrected chi connectivity index (χ0v) is 17.6. The lowest BCUT2D eigenvalue weighted by molar-refractivity contribution is 0.0781. The number of H-pyrrole nitrogens is 2. The summed E-state index contributed by atoms with van der Waals surface area (Å²) in [5, 5.41) is 7.05. The molecule has 1 spiro atoms. The molecule has 158 valence electrons. The summed E-state index contributed by atoms with van der Waals surface area (Å²) in [6, 6.07) is 0. The highest BCUT2D eigenvalue weighted by atomic mass is 16.5. The average molecular weight is 406 g/mol. The van der Waals surface area contributed by atoms with Gasteiger partial charge in [0.05, 0.1) is 6.20 Å². The van der Waals surface area contributed by atoms with Gasteiger partial charge < -0.3 is 14.6 Å². The van der Waals surface area contributed by atoms with Crippen LogP contribution < -0.4 is 0 Å². The number of nitrogens with zero attached hydrogens (tertiary/aromatic N) is 3. The lowest BCUT2D eigenvalue weighted by atomic mass is 9.77. The summed E-state index contributed by atoms with van der Waals surface area (Å²) in [4.78, 5) is 10.9. The monoisotopic (exact) mass is 405 g/mol. The van der Waals surface area contributed by atoms with E-state index in [-0.39, 0.29) is 0 Å². The summed E-state index contributed by atoms with van der Waals surface area (Å²) in [6.07, 6.45) is 18.3. The molecule has 6 rings (SSSR count). The molecule has 4 heterocycles. The third kappa shape index (κ3) is 3.17. The fourth-order valence-corrected chi connectivity index (χ4v) is 6.07. The van der Waals surface area contributed by atoms with Crippen molar-refractivity contribution in [2.45, 2.75) is 38.5 Å². The number of hydrogen-bond acceptors (Lipinski definition) is 4. The van der Waals surface area contributed by atoms with Crippen molar-refractivity contribution in [1.82, 2.24) is 20.1 Å². The van der Waals surface area contributed by atoms with E-state index in [9.17, 15) is 0 Å². The zero-order valence-electron chi connectivity index (χ0n) is 17.6. The average Bonchev–Trinajstić information content (AvgIpc) is 3.07. The van der Waals surface area contributed by atoms with Crippen LogP contribution in [0, 0.1) is 17.3 Å². The van der Waals surface area contributed by atoms with E-state index in [0.29, 0.717) is 11.3 Å². The van der Waals surface area contributed by atoms with Crippen molar-refractivity contribution in [2.75, 3.05) is 32.8 Å². The van der Waals surface area contributed by atoms with Crippen LogP contribution in [0.4, 0.5) is 5.82 Å². The second-order valence-electron chi connectivity index (χ2n) is 9.53. The molecule has 0 radical (unpaired) electrons. The lowest BCUT2D eigenvalue weighted by Gasteiger charge is -2.34. The highest BCUT2D eigenvalue weighted by Crippen LogP contribution is 2.67. The first kappa shape index (κ1) is 18.6. The Balaban J connectivity index is 1.15. The normalized spacial score (nSPS) is 31.4. The van der Waals surface area contributed by atoms with Crippen LogP contribution in [0.15, 0.2) is 29.2 Å². The highest BCUT2D eigenvalue weighted by molar-refractivity contribution is 5.91. The first-order valence-electron chi connectivity index (χ1n) is 11.6. The maximum absolute atomic E-state index is 5.61. The minimum Gasteiger partial charge on any atom is -0.381 e.